The monoisotopic (exact) mass is 188 g/mol. The third kappa shape index (κ3) is 1.65. The van der Waals surface area contributed by atoms with Gasteiger partial charge in [-0.25, -0.2) is 4.39 Å². The van der Waals surface area contributed by atoms with Gasteiger partial charge in [0.05, 0.1) is 5.02 Å². The van der Waals surface area contributed by atoms with Crippen LogP contribution in [-0.2, 0) is 0 Å². The maximum Gasteiger partial charge on any atom is 0.171 e. The van der Waals surface area contributed by atoms with Gasteiger partial charge in [0.25, 0.3) is 0 Å². The zero-order valence-corrected chi connectivity index (χ0v) is 6.72. The van der Waals surface area contributed by atoms with E-state index >= 15 is 0 Å². The average molecular weight is 189 g/mol. The molecule has 0 aliphatic heterocycles. The predicted molar refractivity (Wildman–Crippen MR) is 43.9 cm³/mol. The highest BCUT2D eigenvalue weighted by atomic mass is 35.5. The van der Waals surface area contributed by atoms with Crippen molar-refractivity contribution >= 4 is 17.4 Å². The highest BCUT2D eigenvalue weighted by Crippen LogP contribution is 2.16. The molecule has 0 aliphatic carbocycles. The van der Waals surface area contributed by atoms with Crippen LogP contribution in [0.25, 0.3) is 0 Å². The molecule has 0 saturated heterocycles. The van der Waals surface area contributed by atoms with Crippen molar-refractivity contribution in [1.29, 1.82) is 0 Å². The molecular weight excluding hydrogens is 183 g/mol. The van der Waals surface area contributed by atoms with Crippen LogP contribution in [0.15, 0.2) is 23.4 Å². The van der Waals surface area contributed by atoms with Crippen molar-refractivity contribution in [3.8, 4) is 0 Å². The third-order valence-electron chi connectivity index (χ3n) is 1.31. The van der Waals surface area contributed by atoms with E-state index in [9.17, 15) is 4.39 Å². The molecule has 3 N–H and O–H groups in total. The van der Waals surface area contributed by atoms with Crippen LogP contribution in [0.5, 0.6) is 0 Å². The molecule has 1 aromatic rings. The van der Waals surface area contributed by atoms with Crippen LogP contribution >= 0.6 is 11.6 Å². The lowest BCUT2D eigenvalue weighted by atomic mass is 10.2. The standard InChI is InChI=1S/C7H6ClFN2O/c8-6-2-1-4(9)3-5(6)7(10)11-12/h1-3,12H,(H2,10,11). The maximum atomic E-state index is 12.6. The fraction of sp³-hybridized carbons (Fsp3) is 0. The Kier molecular flexibility index (Phi) is 2.50. The third-order valence-corrected chi connectivity index (χ3v) is 1.64. The lowest BCUT2D eigenvalue weighted by Crippen LogP contribution is -2.13. The van der Waals surface area contributed by atoms with Crippen LogP contribution in [0, 0.1) is 5.82 Å². The summed E-state index contributed by atoms with van der Waals surface area (Å²) >= 11 is 5.63. The summed E-state index contributed by atoms with van der Waals surface area (Å²) in [6.45, 7) is 0. The van der Waals surface area contributed by atoms with Gasteiger partial charge in [-0.15, -0.1) is 0 Å². The first kappa shape index (κ1) is 8.80. The molecule has 0 aliphatic rings. The van der Waals surface area contributed by atoms with E-state index < -0.39 is 5.82 Å². The maximum absolute atomic E-state index is 12.6. The minimum atomic E-state index is -0.485. The van der Waals surface area contributed by atoms with E-state index in [0.29, 0.717) is 0 Å². The Bertz CT molecular complexity index is 327. The molecular formula is C7H6ClFN2O. The Morgan fingerprint density at radius 2 is 2.25 bits per heavy atom. The van der Waals surface area contributed by atoms with Gasteiger partial charge in [0.1, 0.15) is 5.82 Å². The number of halogens is 2. The first-order valence-electron chi connectivity index (χ1n) is 3.08. The largest absolute Gasteiger partial charge is 0.409 e. The van der Waals surface area contributed by atoms with E-state index in [1.54, 1.807) is 0 Å². The number of hydrogen-bond acceptors (Lipinski definition) is 2. The van der Waals surface area contributed by atoms with Crippen LogP contribution < -0.4 is 5.73 Å². The topological polar surface area (TPSA) is 58.6 Å². The number of nitrogens with zero attached hydrogens (tertiary/aromatic N) is 1. The average Bonchev–Trinajstić information content (AvgIpc) is 2.08. The molecule has 1 rings (SSSR count). The van der Waals surface area contributed by atoms with Gasteiger partial charge in [-0.3, -0.25) is 0 Å². The Hall–Kier alpha value is -1.29. The highest BCUT2D eigenvalue weighted by Gasteiger charge is 2.05. The van der Waals surface area contributed by atoms with Gasteiger partial charge < -0.3 is 10.9 Å². The first-order chi connectivity index (χ1) is 5.65. The van der Waals surface area contributed by atoms with Gasteiger partial charge >= 0.3 is 0 Å². The number of rotatable bonds is 1. The lowest BCUT2D eigenvalue weighted by molar-refractivity contribution is 0.318. The summed E-state index contributed by atoms with van der Waals surface area (Å²) in [7, 11) is 0. The van der Waals surface area contributed by atoms with Crippen molar-refractivity contribution in [1.82, 2.24) is 0 Å². The quantitative estimate of drug-likeness (QED) is 0.304. The normalized spacial score (nSPS) is 11.7. The Morgan fingerprint density at radius 1 is 1.58 bits per heavy atom. The second-order valence-electron chi connectivity index (χ2n) is 2.11. The summed E-state index contributed by atoms with van der Waals surface area (Å²) in [6, 6.07) is 3.62. The van der Waals surface area contributed by atoms with Crippen LogP contribution in [0.2, 0.25) is 5.02 Å². The highest BCUT2D eigenvalue weighted by molar-refractivity contribution is 6.34. The van der Waals surface area contributed by atoms with Gasteiger partial charge in [-0.2, -0.15) is 0 Å². The van der Waals surface area contributed by atoms with E-state index in [1.165, 1.54) is 12.1 Å². The molecule has 0 bridgehead atoms. The zero-order chi connectivity index (χ0) is 9.14. The van der Waals surface area contributed by atoms with Crippen molar-refractivity contribution in [2.45, 2.75) is 0 Å². The van der Waals surface area contributed by atoms with Crippen molar-refractivity contribution in [3.63, 3.8) is 0 Å². The number of amidine groups is 1. The fourth-order valence-electron chi connectivity index (χ4n) is 0.748. The smallest absolute Gasteiger partial charge is 0.171 e. The first-order valence-corrected chi connectivity index (χ1v) is 3.46. The molecule has 0 amide bonds. The number of oxime groups is 1. The van der Waals surface area contributed by atoms with Crippen LogP contribution in [-0.4, -0.2) is 11.0 Å². The van der Waals surface area contributed by atoms with E-state index in [0.717, 1.165) is 6.07 Å². The molecule has 12 heavy (non-hydrogen) atoms. The van der Waals surface area contributed by atoms with Gasteiger partial charge in [0.2, 0.25) is 0 Å². The van der Waals surface area contributed by atoms with Crippen LogP contribution in [0.1, 0.15) is 5.56 Å². The number of benzene rings is 1. The SMILES string of the molecule is NC(=NO)c1cc(F)ccc1Cl. The second kappa shape index (κ2) is 3.40. The van der Waals surface area contributed by atoms with Gasteiger partial charge in [0, 0.05) is 5.56 Å². The molecule has 0 aromatic heterocycles. The van der Waals surface area contributed by atoms with Crippen LogP contribution in [0.3, 0.4) is 0 Å². The molecule has 0 heterocycles. The minimum Gasteiger partial charge on any atom is -0.409 e. The molecule has 0 radical (unpaired) electrons. The van der Waals surface area contributed by atoms with E-state index in [1.807, 2.05) is 0 Å². The van der Waals surface area contributed by atoms with E-state index in [4.69, 9.17) is 22.5 Å². The van der Waals surface area contributed by atoms with Crippen molar-refractivity contribution in [2.24, 2.45) is 10.9 Å². The summed E-state index contributed by atoms with van der Waals surface area (Å²) in [4.78, 5) is 0. The molecule has 0 saturated carbocycles. The summed E-state index contributed by atoms with van der Waals surface area (Å²) < 4.78 is 12.6. The number of hydrogen-bond donors (Lipinski definition) is 2. The van der Waals surface area contributed by atoms with Gasteiger partial charge in [-0.05, 0) is 18.2 Å². The Balaban J connectivity index is 3.23. The Labute approximate surface area is 73.2 Å². The summed E-state index contributed by atoms with van der Waals surface area (Å²) in [6.07, 6.45) is 0. The fourth-order valence-corrected chi connectivity index (χ4v) is 0.962. The zero-order valence-electron chi connectivity index (χ0n) is 5.96. The van der Waals surface area contributed by atoms with Crippen LogP contribution in [0.4, 0.5) is 4.39 Å². The van der Waals surface area contributed by atoms with Crippen molar-refractivity contribution < 1.29 is 9.60 Å². The minimum absolute atomic E-state index is 0.180. The molecule has 3 nitrogen and oxygen atoms in total. The van der Waals surface area contributed by atoms with Gasteiger partial charge in [-0.1, -0.05) is 16.8 Å². The predicted octanol–water partition coefficient (Wildman–Crippen LogP) is 1.57. The Morgan fingerprint density at radius 3 is 2.83 bits per heavy atom. The van der Waals surface area contributed by atoms with Crippen molar-refractivity contribution in [3.05, 3.63) is 34.6 Å². The second-order valence-corrected chi connectivity index (χ2v) is 2.52. The molecule has 0 fully saturated rings. The molecule has 0 unspecified atom stereocenters. The van der Waals surface area contributed by atoms with Gasteiger partial charge in [0.15, 0.2) is 5.84 Å². The summed E-state index contributed by atoms with van der Waals surface area (Å²) in [5, 5.41) is 11.2. The van der Waals surface area contributed by atoms with E-state index in [-0.39, 0.29) is 16.4 Å². The summed E-state index contributed by atoms with van der Waals surface area (Å²) in [5.74, 6) is -0.694. The molecule has 0 spiro atoms. The molecule has 0 atom stereocenters. The molecule has 1 aromatic carbocycles. The van der Waals surface area contributed by atoms with Crippen molar-refractivity contribution in [2.75, 3.05) is 0 Å². The number of nitrogens with two attached hydrogens (primary N) is 1. The molecule has 5 heteroatoms. The molecule has 64 valence electrons. The van der Waals surface area contributed by atoms with E-state index in [2.05, 4.69) is 5.16 Å². The summed E-state index contributed by atoms with van der Waals surface area (Å²) in [5.41, 5.74) is 5.39. The lowest BCUT2D eigenvalue weighted by Gasteiger charge is -2.00.